The molecule has 0 heterocycles. The molecule has 0 saturated carbocycles. The van der Waals surface area contributed by atoms with E-state index in [0.717, 1.165) is 17.7 Å². The number of benzene rings is 3. The van der Waals surface area contributed by atoms with Crippen molar-refractivity contribution in [3.8, 4) is 16.9 Å². The van der Waals surface area contributed by atoms with Crippen molar-refractivity contribution >= 4 is 11.7 Å². The molecule has 1 unspecified atom stereocenters. The van der Waals surface area contributed by atoms with Gasteiger partial charge in [-0.1, -0.05) is 76.2 Å². The normalized spacial score (nSPS) is 12.5. The Morgan fingerprint density at radius 2 is 1.54 bits per heavy atom. The largest absolute Gasteiger partial charge is 0.486 e. The molecule has 0 fully saturated rings. The van der Waals surface area contributed by atoms with Crippen molar-refractivity contribution in [2.24, 2.45) is 21.6 Å². The first-order valence-corrected chi connectivity index (χ1v) is 13.3. The van der Waals surface area contributed by atoms with Gasteiger partial charge in [0.05, 0.1) is 6.54 Å². The zero-order valence-corrected chi connectivity index (χ0v) is 24.1. The third-order valence-corrected chi connectivity index (χ3v) is 6.59. The molecule has 0 bridgehead atoms. The second-order valence-electron chi connectivity index (χ2n) is 11.5. The molecule has 0 radical (unpaired) electrons. The zero-order valence-electron chi connectivity index (χ0n) is 24.1. The number of carbonyl (C=O) groups excluding carboxylic acids is 1. The molecule has 3 rings (SSSR count). The van der Waals surface area contributed by atoms with E-state index in [1.54, 1.807) is 12.1 Å². The van der Waals surface area contributed by atoms with Crippen molar-refractivity contribution in [3.63, 3.8) is 0 Å². The molecule has 3 aromatic rings. The van der Waals surface area contributed by atoms with Crippen LogP contribution in [0.3, 0.4) is 0 Å². The summed E-state index contributed by atoms with van der Waals surface area (Å²) in [6.45, 7) is 15.2. The van der Waals surface area contributed by atoms with E-state index >= 15 is 0 Å². The third kappa shape index (κ3) is 8.24. The first-order chi connectivity index (χ1) is 18.4. The summed E-state index contributed by atoms with van der Waals surface area (Å²) in [5.41, 5.74) is 7.64. The van der Waals surface area contributed by atoms with Crippen molar-refractivity contribution in [1.82, 2.24) is 5.32 Å². The van der Waals surface area contributed by atoms with Crippen LogP contribution in [-0.4, -0.2) is 18.3 Å². The Morgan fingerprint density at radius 3 is 2.05 bits per heavy atom. The number of amidine groups is 1. The fourth-order valence-corrected chi connectivity index (χ4v) is 4.65. The summed E-state index contributed by atoms with van der Waals surface area (Å²) in [5.74, 6) is 5.86. The highest BCUT2D eigenvalue weighted by Gasteiger charge is 2.23. The minimum Gasteiger partial charge on any atom is -0.486 e. The highest BCUT2D eigenvalue weighted by atomic mass is 16.5. The van der Waals surface area contributed by atoms with Gasteiger partial charge in [-0.05, 0) is 89.2 Å². The smallest absolute Gasteiger partial charge is 0.251 e. The number of ether oxygens (including phenoxy) is 1. The Kier molecular flexibility index (Phi) is 9.62. The molecule has 3 aromatic carbocycles. The van der Waals surface area contributed by atoms with E-state index in [1.807, 2.05) is 12.1 Å². The van der Waals surface area contributed by atoms with Crippen LogP contribution >= 0.6 is 0 Å². The molecule has 206 valence electrons. The summed E-state index contributed by atoms with van der Waals surface area (Å²) in [6, 6.07) is 20.5. The van der Waals surface area contributed by atoms with Gasteiger partial charge in [0.2, 0.25) is 0 Å². The summed E-state index contributed by atoms with van der Waals surface area (Å²) in [7, 11) is 0. The van der Waals surface area contributed by atoms with Gasteiger partial charge >= 0.3 is 0 Å². The Morgan fingerprint density at radius 1 is 0.974 bits per heavy atom. The van der Waals surface area contributed by atoms with Gasteiger partial charge < -0.3 is 15.9 Å². The van der Waals surface area contributed by atoms with Crippen molar-refractivity contribution in [3.05, 3.63) is 88.5 Å². The number of nitrogens with one attached hydrogen (secondary N) is 2. The number of amides is 1. The molecule has 0 aliphatic carbocycles. The fourth-order valence-electron chi connectivity index (χ4n) is 4.65. The molecular formula is C32H41N5O2. The molecule has 39 heavy (non-hydrogen) atoms. The van der Waals surface area contributed by atoms with E-state index < -0.39 is 0 Å². The average Bonchev–Trinajstić information content (AvgIpc) is 2.86. The van der Waals surface area contributed by atoms with Gasteiger partial charge in [-0.3, -0.25) is 10.2 Å². The molecule has 0 spiro atoms. The second-order valence-corrected chi connectivity index (χ2v) is 11.5. The maximum absolute atomic E-state index is 12.5. The predicted molar refractivity (Wildman–Crippen MR) is 158 cm³/mol. The van der Waals surface area contributed by atoms with Crippen LogP contribution in [0.1, 0.15) is 85.7 Å². The number of aryl methyl sites for hydroxylation is 2. The van der Waals surface area contributed by atoms with Crippen molar-refractivity contribution < 1.29 is 9.53 Å². The highest BCUT2D eigenvalue weighted by molar-refractivity contribution is 5.96. The first kappa shape index (κ1) is 29.6. The van der Waals surface area contributed by atoms with Crippen LogP contribution in [0.5, 0.6) is 5.75 Å². The van der Waals surface area contributed by atoms with E-state index in [9.17, 15) is 4.79 Å². The number of hydrogen-bond donors (Lipinski definition) is 3. The minimum atomic E-state index is -0.296. The van der Waals surface area contributed by atoms with E-state index in [-0.39, 0.29) is 29.8 Å². The van der Waals surface area contributed by atoms with E-state index in [1.165, 1.54) is 27.8 Å². The quantitative estimate of drug-likeness (QED) is 0.0871. The maximum Gasteiger partial charge on any atom is 0.251 e. The first-order valence-electron chi connectivity index (χ1n) is 13.3. The third-order valence-electron chi connectivity index (χ3n) is 6.59. The molecule has 1 amide bonds. The van der Waals surface area contributed by atoms with E-state index in [0.29, 0.717) is 11.5 Å². The topological polar surface area (TPSA) is 113 Å². The van der Waals surface area contributed by atoms with Gasteiger partial charge in [-0.15, -0.1) is 5.11 Å². The molecule has 0 aliphatic heterocycles. The average molecular weight is 528 g/mol. The lowest BCUT2D eigenvalue weighted by atomic mass is 9.86. The number of nitrogens with zero attached hydrogens (tertiary/aromatic N) is 2. The maximum atomic E-state index is 12.5. The van der Waals surface area contributed by atoms with Crippen LogP contribution in [0.15, 0.2) is 71.0 Å². The molecule has 0 aromatic heterocycles. The number of carbonyl (C=O) groups is 1. The molecule has 4 N–H and O–H groups in total. The Hall–Kier alpha value is -4.00. The second kappa shape index (κ2) is 12.7. The summed E-state index contributed by atoms with van der Waals surface area (Å²) >= 11 is 0. The van der Waals surface area contributed by atoms with Gasteiger partial charge in [-0.25, -0.2) is 0 Å². The van der Waals surface area contributed by atoms with Gasteiger partial charge in [-0.2, -0.15) is 0 Å². The summed E-state index contributed by atoms with van der Waals surface area (Å²) < 4.78 is 6.62. The highest BCUT2D eigenvalue weighted by Crippen LogP contribution is 2.37. The van der Waals surface area contributed by atoms with E-state index in [4.69, 9.17) is 16.0 Å². The molecule has 7 heteroatoms. The molecular weight excluding hydrogens is 486 g/mol. The van der Waals surface area contributed by atoms with Crippen LogP contribution in [-0.2, 0) is 0 Å². The molecule has 7 nitrogen and oxygen atoms in total. The zero-order chi connectivity index (χ0) is 28.7. The van der Waals surface area contributed by atoms with E-state index in [2.05, 4.69) is 101 Å². The minimum absolute atomic E-state index is 0.0286. The van der Waals surface area contributed by atoms with Gasteiger partial charge in [0.25, 0.3) is 5.91 Å². The monoisotopic (exact) mass is 527 g/mol. The lowest BCUT2D eigenvalue weighted by molar-refractivity contribution is 0.0958. The summed E-state index contributed by atoms with van der Waals surface area (Å²) in [5, 5.41) is 16.7. The van der Waals surface area contributed by atoms with Crippen molar-refractivity contribution in [1.29, 1.82) is 5.41 Å². The standard InChI is InChI=1S/C32H41N5O2/c1-20(2)23-8-12-25(13-9-23)30-21(3)16-27(17-22(30)4)39-28(18-32(5,6)7)24-10-14-26(15-11-24)31(38)35-19-29(33)36-37-34/h8-17,20,28H,18-19H2,1-7H3,(H,35,38)(H3,33,34,36). The van der Waals surface area contributed by atoms with Gasteiger partial charge in [0.1, 0.15) is 11.9 Å². The Labute approximate surface area is 232 Å². The van der Waals surface area contributed by atoms with Gasteiger partial charge in [0.15, 0.2) is 5.84 Å². The van der Waals surface area contributed by atoms with Crippen LogP contribution in [0.2, 0.25) is 0 Å². The fraction of sp³-hybridized carbons (Fsp3) is 0.375. The van der Waals surface area contributed by atoms with Crippen molar-refractivity contribution in [2.45, 2.75) is 66.9 Å². The number of rotatable bonds is 9. The lowest BCUT2D eigenvalue weighted by Gasteiger charge is -2.28. The van der Waals surface area contributed by atoms with Crippen LogP contribution in [0.25, 0.3) is 11.1 Å². The molecule has 1 atom stereocenters. The van der Waals surface area contributed by atoms with Crippen LogP contribution in [0.4, 0.5) is 0 Å². The summed E-state index contributed by atoms with van der Waals surface area (Å²) in [4.78, 5) is 12.5. The SMILES string of the molecule is Cc1cc(OC(CC(C)(C)C)c2ccc(C(=O)NCC(=N)N=NN)cc2)cc(C)c1-c1ccc(C(C)C)cc1. The van der Waals surface area contributed by atoms with Crippen molar-refractivity contribution in [2.75, 3.05) is 6.54 Å². The van der Waals surface area contributed by atoms with Gasteiger partial charge in [0, 0.05) is 5.56 Å². The Bertz CT molecular complexity index is 1300. The number of hydrogen-bond acceptors (Lipinski definition) is 4. The summed E-state index contributed by atoms with van der Waals surface area (Å²) in [6.07, 6.45) is 0.617. The lowest BCUT2D eigenvalue weighted by Crippen LogP contribution is -2.28. The Balaban J connectivity index is 1.83. The molecule has 0 aliphatic rings. The van der Waals surface area contributed by atoms with Crippen LogP contribution in [0, 0.1) is 24.7 Å². The predicted octanol–water partition coefficient (Wildman–Crippen LogP) is 7.68. The number of nitrogens with two attached hydrogens (primary N) is 1. The van der Waals surface area contributed by atoms with Crippen LogP contribution < -0.4 is 15.9 Å². The molecule has 0 saturated heterocycles.